The van der Waals surface area contributed by atoms with Crippen LogP contribution in [0.5, 0.6) is 0 Å². The van der Waals surface area contributed by atoms with Crippen molar-refractivity contribution in [2.24, 2.45) is 0 Å². The summed E-state index contributed by atoms with van der Waals surface area (Å²) in [5.74, 6) is 0. The van der Waals surface area contributed by atoms with Crippen LogP contribution in [-0.4, -0.2) is 27.2 Å². The summed E-state index contributed by atoms with van der Waals surface area (Å²) in [5, 5.41) is 5.95. The molecule has 2 nitrogen and oxygen atoms in total. The minimum absolute atomic E-state index is 1.07. The summed E-state index contributed by atoms with van der Waals surface area (Å²) in [6.07, 6.45) is 1.23. The Morgan fingerprint density at radius 3 is 1.36 bits per heavy atom. The highest BCUT2D eigenvalue weighted by molar-refractivity contribution is 4.28. The van der Waals surface area contributed by atoms with Crippen molar-refractivity contribution in [1.82, 2.24) is 10.6 Å². The van der Waals surface area contributed by atoms with E-state index in [0.29, 0.717) is 0 Å². The fourth-order valence-electron chi connectivity index (χ4n) is 0.250. The molecular weight excluding hydrogens is 136 g/mol. The predicted molar refractivity (Wildman–Crippen MR) is 55.1 cm³/mol. The largest absolute Gasteiger partial charge is 0.320 e. The Bertz CT molecular complexity index is 34.5. The molecule has 0 atom stereocenters. The molecular formula is C9H24N2. The molecule has 0 spiro atoms. The molecule has 70 valence electrons. The minimum atomic E-state index is 1.07. The summed E-state index contributed by atoms with van der Waals surface area (Å²) in [6.45, 7) is 12.4. The molecule has 0 aliphatic heterocycles. The SMILES string of the molecule is C=C.CCCNC.CCNC. The minimum Gasteiger partial charge on any atom is -0.320 e. The van der Waals surface area contributed by atoms with Crippen LogP contribution in [0.2, 0.25) is 0 Å². The zero-order valence-corrected chi connectivity index (χ0v) is 8.54. The molecule has 0 radical (unpaired) electrons. The highest BCUT2D eigenvalue weighted by atomic mass is 14.8. The van der Waals surface area contributed by atoms with Gasteiger partial charge in [0.15, 0.2) is 0 Å². The van der Waals surface area contributed by atoms with Gasteiger partial charge in [-0.05, 0) is 33.6 Å². The molecule has 0 heterocycles. The van der Waals surface area contributed by atoms with Gasteiger partial charge in [-0.2, -0.15) is 0 Å². The Balaban J connectivity index is -0.0000000965. The molecule has 0 saturated heterocycles. The van der Waals surface area contributed by atoms with Gasteiger partial charge in [-0.15, -0.1) is 13.2 Å². The molecule has 0 aromatic carbocycles. The first-order valence-corrected chi connectivity index (χ1v) is 4.12. The maximum Gasteiger partial charge on any atom is -0.00546 e. The van der Waals surface area contributed by atoms with Gasteiger partial charge in [-0.25, -0.2) is 0 Å². The Hall–Kier alpha value is -0.340. The topological polar surface area (TPSA) is 24.1 Å². The van der Waals surface area contributed by atoms with Gasteiger partial charge in [0.2, 0.25) is 0 Å². The molecule has 0 amide bonds. The monoisotopic (exact) mass is 160 g/mol. The van der Waals surface area contributed by atoms with Gasteiger partial charge in [0, 0.05) is 0 Å². The van der Waals surface area contributed by atoms with Crippen molar-refractivity contribution in [1.29, 1.82) is 0 Å². The van der Waals surface area contributed by atoms with Gasteiger partial charge < -0.3 is 10.6 Å². The fourth-order valence-corrected chi connectivity index (χ4v) is 0.250. The van der Waals surface area contributed by atoms with E-state index in [0.717, 1.165) is 13.1 Å². The standard InChI is InChI=1S/C4H11N.C3H9N.C2H4/c1-3-4-5-2;1-3-4-2;1-2/h5H,3-4H2,1-2H3;4H,3H2,1-2H3;1-2H2. The number of nitrogens with one attached hydrogen (secondary N) is 2. The third kappa shape index (κ3) is 80.1. The predicted octanol–water partition coefficient (Wildman–Crippen LogP) is 1.64. The van der Waals surface area contributed by atoms with Crippen molar-refractivity contribution in [2.45, 2.75) is 20.3 Å². The molecule has 11 heavy (non-hydrogen) atoms. The number of rotatable bonds is 3. The van der Waals surface area contributed by atoms with E-state index in [9.17, 15) is 0 Å². The highest BCUT2D eigenvalue weighted by Crippen LogP contribution is 1.62. The zero-order valence-electron chi connectivity index (χ0n) is 8.54. The molecule has 0 aliphatic rings. The first kappa shape index (κ1) is 17.0. The maximum absolute atomic E-state index is 3.02. The molecule has 0 rings (SSSR count). The average Bonchev–Trinajstić information content (AvgIpc) is 2.10. The average molecular weight is 160 g/mol. The van der Waals surface area contributed by atoms with Gasteiger partial charge in [0.25, 0.3) is 0 Å². The second kappa shape index (κ2) is 33.4. The lowest BCUT2D eigenvalue weighted by Gasteiger charge is -1.84. The van der Waals surface area contributed by atoms with Crippen molar-refractivity contribution in [2.75, 3.05) is 27.2 Å². The maximum atomic E-state index is 3.02. The normalized spacial score (nSPS) is 6.91. The third-order valence-corrected chi connectivity index (χ3v) is 0.854. The molecule has 0 unspecified atom stereocenters. The third-order valence-electron chi connectivity index (χ3n) is 0.854. The quantitative estimate of drug-likeness (QED) is 0.613. The lowest BCUT2D eigenvalue weighted by molar-refractivity contribution is 0.772. The van der Waals surface area contributed by atoms with E-state index in [1.54, 1.807) is 0 Å². The summed E-state index contributed by atoms with van der Waals surface area (Å²) in [5.41, 5.74) is 0. The van der Waals surface area contributed by atoms with Crippen LogP contribution in [0.4, 0.5) is 0 Å². The molecule has 0 bridgehead atoms. The second-order valence-electron chi connectivity index (χ2n) is 1.81. The van der Waals surface area contributed by atoms with Gasteiger partial charge in [0.05, 0.1) is 0 Å². The van der Waals surface area contributed by atoms with Crippen molar-refractivity contribution >= 4 is 0 Å². The van der Waals surface area contributed by atoms with E-state index in [-0.39, 0.29) is 0 Å². The molecule has 0 aromatic rings. The Kier molecular flexibility index (Phi) is 51.4. The summed E-state index contributed by atoms with van der Waals surface area (Å²) >= 11 is 0. The van der Waals surface area contributed by atoms with E-state index in [1.807, 2.05) is 14.1 Å². The van der Waals surface area contributed by atoms with E-state index >= 15 is 0 Å². The van der Waals surface area contributed by atoms with Crippen LogP contribution in [0.3, 0.4) is 0 Å². The smallest absolute Gasteiger partial charge is 0.00546 e. The van der Waals surface area contributed by atoms with Gasteiger partial charge in [0.1, 0.15) is 0 Å². The first-order chi connectivity index (χ1) is 5.33. The van der Waals surface area contributed by atoms with Crippen molar-refractivity contribution in [3.8, 4) is 0 Å². The molecule has 0 aromatic heterocycles. The second-order valence-corrected chi connectivity index (χ2v) is 1.81. The summed E-state index contributed by atoms with van der Waals surface area (Å²) in [7, 11) is 3.89. The van der Waals surface area contributed by atoms with Crippen LogP contribution in [0.25, 0.3) is 0 Å². The van der Waals surface area contributed by atoms with E-state index in [4.69, 9.17) is 0 Å². The Morgan fingerprint density at radius 2 is 1.36 bits per heavy atom. The summed E-state index contributed by atoms with van der Waals surface area (Å²) in [4.78, 5) is 0. The van der Waals surface area contributed by atoms with Crippen LogP contribution < -0.4 is 10.6 Å². The first-order valence-electron chi connectivity index (χ1n) is 4.12. The number of hydrogen-bond acceptors (Lipinski definition) is 2. The van der Waals surface area contributed by atoms with E-state index in [1.165, 1.54) is 6.42 Å². The summed E-state index contributed by atoms with van der Waals surface area (Å²) in [6, 6.07) is 0. The highest BCUT2D eigenvalue weighted by Gasteiger charge is 1.64. The Morgan fingerprint density at radius 1 is 1.00 bits per heavy atom. The Labute approximate surface area is 72.1 Å². The van der Waals surface area contributed by atoms with E-state index in [2.05, 4.69) is 37.6 Å². The van der Waals surface area contributed by atoms with Crippen molar-refractivity contribution < 1.29 is 0 Å². The van der Waals surface area contributed by atoms with Crippen molar-refractivity contribution in [3.63, 3.8) is 0 Å². The molecule has 2 N–H and O–H groups in total. The van der Waals surface area contributed by atoms with E-state index < -0.39 is 0 Å². The van der Waals surface area contributed by atoms with Crippen molar-refractivity contribution in [3.05, 3.63) is 13.2 Å². The van der Waals surface area contributed by atoms with Crippen LogP contribution in [0.1, 0.15) is 20.3 Å². The zero-order chi connectivity index (χ0) is 9.54. The van der Waals surface area contributed by atoms with Gasteiger partial charge in [-0.3, -0.25) is 0 Å². The lowest BCUT2D eigenvalue weighted by atomic mass is 10.5. The summed E-state index contributed by atoms with van der Waals surface area (Å²) < 4.78 is 0. The lowest BCUT2D eigenvalue weighted by Crippen LogP contribution is -2.04. The van der Waals surface area contributed by atoms with Crippen LogP contribution >= 0.6 is 0 Å². The van der Waals surface area contributed by atoms with Crippen LogP contribution in [0.15, 0.2) is 13.2 Å². The molecule has 0 fully saturated rings. The number of hydrogen-bond donors (Lipinski definition) is 2. The van der Waals surface area contributed by atoms with Gasteiger partial charge >= 0.3 is 0 Å². The molecule has 0 saturated carbocycles. The van der Waals surface area contributed by atoms with Crippen LogP contribution in [-0.2, 0) is 0 Å². The fraction of sp³-hybridized carbons (Fsp3) is 0.778. The van der Waals surface area contributed by atoms with Crippen LogP contribution in [0, 0.1) is 0 Å². The van der Waals surface area contributed by atoms with Gasteiger partial charge in [-0.1, -0.05) is 13.8 Å². The molecule has 0 aliphatic carbocycles. The molecule has 2 heteroatoms.